The first-order valence-corrected chi connectivity index (χ1v) is 15.2. The molecule has 4 heterocycles. The molecule has 0 saturated carbocycles. The van der Waals surface area contributed by atoms with Gasteiger partial charge in [0.25, 0.3) is 0 Å². The maximum absolute atomic E-state index is 12.6. The Morgan fingerprint density at radius 2 is 1.16 bits per heavy atom. The van der Waals surface area contributed by atoms with Crippen LogP contribution in [0, 0.1) is 0 Å². The molecule has 20 atom stereocenters. The van der Waals surface area contributed by atoms with Crippen LogP contribution < -0.4 is 5.32 Å². The Kier molecular flexibility index (Phi) is 12.2. The number of carbonyl (C=O) groups is 1. The van der Waals surface area contributed by atoms with Crippen LogP contribution in [0.1, 0.15) is 6.92 Å². The van der Waals surface area contributed by atoms with Crippen LogP contribution in [0.4, 0.5) is 0 Å². The lowest BCUT2D eigenvalue weighted by molar-refractivity contribution is -0.520. The van der Waals surface area contributed by atoms with Gasteiger partial charge < -0.3 is 116 Å². The van der Waals surface area contributed by atoms with E-state index in [-0.39, 0.29) is 0 Å². The van der Waals surface area contributed by atoms with Crippen molar-refractivity contribution in [2.24, 2.45) is 0 Å². The molecule has 50 heavy (non-hydrogen) atoms. The fourth-order valence-electron chi connectivity index (χ4n) is 7.01. The van der Waals surface area contributed by atoms with Gasteiger partial charge in [0.15, 0.2) is 23.8 Å². The van der Waals surface area contributed by atoms with Crippen LogP contribution in [-0.2, 0) is 28.5 Å². The molecule has 0 aromatic carbocycles. The summed E-state index contributed by atoms with van der Waals surface area (Å²) in [5.41, 5.74) is -8.25. The van der Waals surface area contributed by atoms with E-state index in [1.165, 1.54) is 0 Å². The number of ether oxygens (including phenoxy) is 5. The maximum atomic E-state index is 12.6. The molecule has 24 heteroatoms. The number of rotatable bonds is 9. The molecule has 0 aromatic heterocycles. The van der Waals surface area contributed by atoms with Crippen LogP contribution in [0.25, 0.3) is 0 Å². The molecule has 1 amide bonds. The highest BCUT2D eigenvalue weighted by atomic mass is 16.8. The summed E-state index contributed by atoms with van der Waals surface area (Å²) in [6.45, 7) is -4.93. The molecule has 4 rings (SSSR count). The molecule has 4 aliphatic heterocycles. The topological polar surface area (TPSA) is 419 Å². The number of aliphatic hydroxyl groups is 17. The van der Waals surface area contributed by atoms with Crippen molar-refractivity contribution in [2.75, 3.05) is 26.4 Å². The Labute approximate surface area is 281 Å². The molecule has 18 N–H and O–H groups in total. The normalized spacial score (nSPS) is 54.7. The molecular weight excluding hydrogens is 694 g/mol. The lowest BCUT2D eigenvalue weighted by atomic mass is 9.60. The molecule has 292 valence electrons. The molecule has 4 saturated heterocycles. The van der Waals surface area contributed by atoms with Gasteiger partial charge in [0, 0.05) is 6.92 Å². The Morgan fingerprint density at radius 1 is 0.640 bits per heavy atom. The third-order valence-corrected chi connectivity index (χ3v) is 9.77. The first kappa shape index (κ1) is 41.3. The van der Waals surface area contributed by atoms with E-state index >= 15 is 0 Å². The molecule has 10 unspecified atom stereocenters. The van der Waals surface area contributed by atoms with Gasteiger partial charge in [-0.2, -0.15) is 0 Å². The summed E-state index contributed by atoms with van der Waals surface area (Å²) in [6.07, 6.45) is -35.9. The minimum atomic E-state index is -4.26. The van der Waals surface area contributed by atoms with E-state index in [1.54, 1.807) is 0 Å². The average Bonchev–Trinajstić information content (AvgIpc) is 3.08. The zero-order valence-corrected chi connectivity index (χ0v) is 26.1. The van der Waals surface area contributed by atoms with Gasteiger partial charge in [0.1, 0.15) is 85.4 Å². The van der Waals surface area contributed by atoms with E-state index in [9.17, 15) is 91.6 Å². The molecule has 0 radical (unpaired) electrons. The average molecular weight is 740 g/mol. The van der Waals surface area contributed by atoms with E-state index in [0.29, 0.717) is 0 Å². The molecule has 4 aliphatic rings. The van der Waals surface area contributed by atoms with Crippen molar-refractivity contribution in [3.63, 3.8) is 0 Å². The minimum absolute atomic E-state index is 0.791. The van der Waals surface area contributed by atoms with Gasteiger partial charge in [-0.1, -0.05) is 0 Å². The Balaban J connectivity index is 2.00. The number of hydrogen-bond acceptors (Lipinski definition) is 23. The highest BCUT2D eigenvalue weighted by molar-refractivity contribution is 5.73. The van der Waals surface area contributed by atoms with Crippen molar-refractivity contribution in [3.8, 4) is 0 Å². The Bertz CT molecular complexity index is 1180. The molecular formula is C26H45NO23. The molecule has 4 fully saturated rings. The fraction of sp³-hybridized carbons (Fsp3) is 0.962. The van der Waals surface area contributed by atoms with Crippen LogP contribution >= 0.6 is 0 Å². The number of nitrogens with one attached hydrogen (secondary N) is 1. The van der Waals surface area contributed by atoms with Gasteiger partial charge in [0.2, 0.25) is 17.5 Å². The predicted octanol–water partition coefficient (Wildman–Crippen LogP) is -12.2. The van der Waals surface area contributed by atoms with E-state index in [2.05, 4.69) is 0 Å². The van der Waals surface area contributed by atoms with E-state index in [0.717, 1.165) is 6.92 Å². The van der Waals surface area contributed by atoms with Crippen molar-refractivity contribution in [1.29, 1.82) is 0 Å². The SMILES string of the molecule is CC(=O)NC1C(O)C(O)C(CO)OC1(O)[C@@]1(O)[C@@H](O)[C@@H](O)[C@@H](O[C@H]2[C@H](O)[C@@H](O)[C@H](O)O[C@@H]2CO)O[C@@]1(CO)C1(O)OC(CO)C(O)C(O)C1O. The van der Waals surface area contributed by atoms with Crippen molar-refractivity contribution >= 4 is 5.91 Å². The standard InChI is InChI=1S/C26H45NO23/c1-6(32)27-18-13(36)10(33)7(2-28)48-25(18,44)24(43)19(40)16(39)22(47-17-9(4-30)46-21(42)15(38)12(17)35)50-23(24,5-31)26(45)20(41)14(37)11(34)8(3-29)49-26/h7-22,28-31,33-45H,2-5H2,1H3,(H,27,32)/t7?,8?,9-,10?,11?,12-,13?,14?,15-,16-,17-,18?,19+,20?,21-,22+,23-,24-,25?,26?/m1/s1. The van der Waals surface area contributed by atoms with Gasteiger partial charge in [-0.05, 0) is 0 Å². The smallest absolute Gasteiger partial charge is 0.231 e. The van der Waals surface area contributed by atoms with Crippen molar-refractivity contribution in [2.45, 2.75) is 128 Å². The summed E-state index contributed by atoms with van der Waals surface area (Å²) >= 11 is 0. The molecule has 0 aliphatic carbocycles. The summed E-state index contributed by atoms with van der Waals surface area (Å²) in [6, 6.07) is -2.59. The number of aliphatic hydroxyl groups excluding tert-OH is 14. The number of hydrogen-bond donors (Lipinski definition) is 18. The highest BCUT2D eigenvalue weighted by Gasteiger charge is 2.85. The van der Waals surface area contributed by atoms with Gasteiger partial charge in [-0.25, -0.2) is 0 Å². The Morgan fingerprint density at radius 3 is 1.66 bits per heavy atom. The van der Waals surface area contributed by atoms with Crippen LogP contribution in [0.3, 0.4) is 0 Å². The summed E-state index contributed by atoms with van der Waals surface area (Å²) in [5.74, 6) is -9.19. The maximum Gasteiger partial charge on any atom is 0.231 e. The molecule has 0 spiro atoms. The second-order valence-corrected chi connectivity index (χ2v) is 12.7. The first-order chi connectivity index (χ1) is 23.2. The summed E-state index contributed by atoms with van der Waals surface area (Å²) in [4.78, 5) is 12.2. The third kappa shape index (κ3) is 5.95. The second kappa shape index (κ2) is 14.8. The van der Waals surface area contributed by atoms with Crippen LogP contribution in [0.2, 0.25) is 0 Å². The van der Waals surface area contributed by atoms with E-state index < -0.39 is 153 Å². The highest BCUT2D eigenvalue weighted by Crippen LogP contribution is 2.56. The molecule has 0 aromatic rings. The minimum Gasteiger partial charge on any atom is -0.394 e. The quantitative estimate of drug-likeness (QED) is 0.104. The zero-order valence-electron chi connectivity index (χ0n) is 26.1. The first-order valence-electron chi connectivity index (χ1n) is 15.2. The van der Waals surface area contributed by atoms with Crippen molar-refractivity contribution in [3.05, 3.63) is 0 Å². The van der Waals surface area contributed by atoms with Gasteiger partial charge in [0.05, 0.1) is 26.4 Å². The van der Waals surface area contributed by atoms with Gasteiger partial charge in [-0.3, -0.25) is 4.79 Å². The van der Waals surface area contributed by atoms with Crippen LogP contribution in [0.5, 0.6) is 0 Å². The summed E-state index contributed by atoms with van der Waals surface area (Å²) < 4.78 is 26.7. The fourth-order valence-corrected chi connectivity index (χ4v) is 7.01. The van der Waals surface area contributed by atoms with Crippen molar-refractivity contribution < 1.29 is 115 Å². The molecule has 24 nitrogen and oxygen atoms in total. The van der Waals surface area contributed by atoms with Crippen LogP contribution in [-0.4, -0.2) is 240 Å². The van der Waals surface area contributed by atoms with Crippen molar-refractivity contribution in [1.82, 2.24) is 5.32 Å². The van der Waals surface area contributed by atoms with Gasteiger partial charge in [-0.15, -0.1) is 0 Å². The lowest BCUT2D eigenvalue weighted by Gasteiger charge is -2.67. The summed E-state index contributed by atoms with van der Waals surface area (Å²) in [7, 11) is 0. The monoisotopic (exact) mass is 739 g/mol. The second-order valence-electron chi connectivity index (χ2n) is 12.7. The zero-order chi connectivity index (χ0) is 37.9. The van der Waals surface area contributed by atoms with Crippen LogP contribution in [0.15, 0.2) is 0 Å². The van der Waals surface area contributed by atoms with E-state index in [4.69, 9.17) is 23.7 Å². The van der Waals surface area contributed by atoms with Gasteiger partial charge >= 0.3 is 0 Å². The molecule has 0 bridgehead atoms. The van der Waals surface area contributed by atoms with E-state index in [1.807, 2.05) is 5.32 Å². The predicted molar refractivity (Wildman–Crippen MR) is 148 cm³/mol. The summed E-state index contributed by atoms with van der Waals surface area (Å²) in [5, 5.41) is 187. The lowest BCUT2D eigenvalue weighted by Crippen LogP contribution is -2.94. The number of carbonyl (C=O) groups excluding carboxylic acids is 1. The number of amides is 1. The Hall–Kier alpha value is -1.41. The largest absolute Gasteiger partial charge is 0.394 e. The third-order valence-electron chi connectivity index (χ3n) is 9.77.